The number of nitriles is 1. The van der Waals surface area contributed by atoms with Gasteiger partial charge in [0, 0.05) is 55.0 Å². The Bertz CT molecular complexity index is 1950. The molecule has 6 rings (SSSR count). The number of hydrogen-bond acceptors (Lipinski definition) is 7. The molecule has 2 unspecified atom stereocenters. The van der Waals surface area contributed by atoms with E-state index in [2.05, 4.69) is 15.8 Å². The van der Waals surface area contributed by atoms with E-state index in [4.69, 9.17) is 37.4 Å². The standard InChI is InChI=1S/C36H35ClFN5O4/c1-36(2,3)47-35(44)42-18-23-12-13-24(19-42)43(23)34-28-16-22(10-8-14-39)29(31(38)30(28)32(40-4)33(37)41-34)27-17-25(46-20-45-5)15-21-9-6-7-11-26(21)27/h6-7,9,11,15-17,23-24H,8,10,12-13,18-20H2,1-3,5H3. The van der Waals surface area contributed by atoms with Crippen molar-refractivity contribution in [2.45, 2.75) is 64.1 Å². The predicted octanol–water partition coefficient (Wildman–Crippen LogP) is 8.43. The van der Waals surface area contributed by atoms with E-state index >= 15 is 4.39 Å². The average Bonchev–Trinajstić information content (AvgIpc) is 3.29. The highest BCUT2D eigenvalue weighted by molar-refractivity contribution is 6.34. The van der Waals surface area contributed by atoms with Gasteiger partial charge in [0.1, 0.15) is 28.1 Å². The van der Waals surface area contributed by atoms with Crippen LogP contribution in [-0.4, -0.2) is 60.7 Å². The van der Waals surface area contributed by atoms with E-state index in [1.807, 2.05) is 57.2 Å². The first-order chi connectivity index (χ1) is 22.5. The van der Waals surface area contributed by atoms with Crippen molar-refractivity contribution in [2.75, 3.05) is 31.9 Å². The first-order valence-corrected chi connectivity index (χ1v) is 15.9. The minimum Gasteiger partial charge on any atom is -0.468 e. The maximum atomic E-state index is 17.4. The summed E-state index contributed by atoms with van der Waals surface area (Å²) in [4.78, 5) is 25.2. The fourth-order valence-electron chi connectivity index (χ4n) is 6.82. The van der Waals surface area contributed by atoms with Crippen molar-refractivity contribution >= 4 is 50.7 Å². The molecule has 9 nitrogen and oxygen atoms in total. The van der Waals surface area contributed by atoms with Crippen LogP contribution in [0.25, 0.3) is 37.5 Å². The molecule has 0 spiro atoms. The minimum atomic E-state index is -0.621. The Morgan fingerprint density at radius 2 is 1.89 bits per heavy atom. The lowest BCUT2D eigenvalue weighted by Gasteiger charge is -2.42. The number of ether oxygens (including phenoxy) is 3. The summed E-state index contributed by atoms with van der Waals surface area (Å²) in [5, 5.41) is 11.6. The smallest absolute Gasteiger partial charge is 0.410 e. The number of benzene rings is 3. The SMILES string of the molecule is [C-]#[N+]c1c(Cl)nc(N2C3CCC2CN(C(=O)OC(C)(C)C)C3)c2cc(CCC#N)c(-c3cc(OCOC)cc4ccccc34)c(F)c12. The number of carbonyl (C=O) groups is 1. The summed E-state index contributed by atoms with van der Waals surface area (Å²) in [7, 11) is 1.52. The Morgan fingerprint density at radius 3 is 2.55 bits per heavy atom. The van der Waals surface area contributed by atoms with Crippen LogP contribution in [0.4, 0.5) is 20.7 Å². The number of nitrogens with zero attached hydrogens (tertiary/aromatic N) is 5. The highest BCUT2D eigenvalue weighted by Gasteiger charge is 2.44. The van der Waals surface area contributed by atoms with Crippen LogP contribution in [0.5, 0.6) is 5.75 Å². The molecule has 1 aromatic heterocycles. The average molecular weight is 656 g/mol. The molecule has 2 fully saturated rings. The van der Waals surface area contributed by atoms with Gasteiger partial charge in [-0.25, -0.2) is 19.0 Å². The molecule has 0 radical (unpaired) electrons. The van der Waals surface area contributed by atoms with Crippen molar-refractivity contribution in [1.29, 1.82) is 5.26 Å². The second-order valence-electron chi connectivity index (χ2n) is 12.9. The van der Waals surface area contributed by atoms with Crippen molar-refractivity contribution in [3.63, 3.8) is 0 Å². The van der Waals surface area contributed by atoms with Gasteiger partial charge in [0.2, 0.25) is 5.69 Å². The van der Waals surface area contributed by atoms with Crippen molar-refractivity contribution in [3.05, 3.63) is 70.4 Å². The Labute approximate surface area is 278 Å². The van der Waals surface area contributed by atoms with Crippen LogP contribution in [0.15, 0.2) is 42.5 Å². The van der Waals surface area contributed by atoms with Crippen LogP contribution < -0.4 is 9.64 Å². The summed E-state index contributed by atoms with van der Waals surface area (Å²) in [6.07, 6.45) is 1.66. The number of aromatic nitrogens is 1. The number of anilines is 1. The molecule has 0 N–H and O–H groups in total. The maximum absolute atomic E-state index is 17.4. The highest BCUT2D eigenvalue weighted by atomic mass is 35.5. The molecule has 2 aliphatic rings. The van der Waals surface area contributed by atoms with E-state index in [1.165, 1.54) is 7.11 Å². The van der Waals surface area contributed by atoms with Gasteiger partial charge in [0.25, 0.3) is 0 Å². The zero-order valence-corrected chi connectivity index (χ0v) is 27.5. The summed E-state index contributed by atoms with van der Waals surface area (Å²) in [6, 6.07) is 15.1. The van der Waals surface area contributed by atoms with Crippen molar-refractivity contribution in [2.24, 2.45) is 0 Å². The molecule has 0 saturated carbocycles. The van der Waals surface area contributed by atoms with Crippen LogP contribution in [0.2, 0.25) is 5.15 Å². The largest absolute Gasteiger partial charge is 0.468 e. The van der Waals surface area contributed by atoms with Crippen molar-refractivity contribution < 1.29 is 23.4 Å². The number of rotatable bonds is 7. The number of halogens is 2. The molecule has 3 heterocycles. The fourth-order valence-corrected chi connectivity index (χ4v) is 7.04. The van der Waals surface area contributed by atoms with Crippen molar-refractivity contribution in [3.8, 4) is 22.9 Å². The van der Waals surface area contributed by atoms with Gasteiger partial charge in [-0.15, -0.1) is 0 Å². The number of fused-ring (bicyclic) bond motifs is 4. The molecule has 47 heavy (non-hydrogen) atoms. The molecular formula is C36H35ClFN5O4. The molecular weight excluding hydrogens is 621 g/mol. The third kappa shape index (κ3) is 6.12. The maximum Gasteiger partial charge on any atom is 0.410 e. The van der Waals surface area contributed by atoms with Gasteiger partial charge in [0.15, 0.2) is 6.79 Å². The molecule has 1 amide bonds. The molecule has 2 atom stereocenters. The molecule has 3 aromatic carbocycles. The monoisotopic (exact) mass is 655 g/mol. The number of likely N-dealkylation sites (tertiary alicyclic amines) is 1. The lowest BCUT2D eigenvalue weighted by atomic mass is 9.89. The van der Waals surface area contributed by atoms with Gasteiger partial charge >= 0.3 is 6.09 Å². The van der Waals surface area contributed by atoms with Crippen LogP contribution in [0, 0.1) is 23.7 Å². The summed E-state index contributed by atoms with van der Waals surface area (Å²) < 4.78 is 34.0. The second kappa shape index (κ2) is 12.9. The third-order valence-corrected chi connectivity index (χ3v) is 8.93. The number of methoxy groups -OCH3 is 1. The van der Waals surface area contributed by atoms with Crippen LogP contribution >= 0.6 is 11.6 Å². The van der Waals surface area contributed by atoms with E-state index in [0.29, 0.717) is 41.2 Å². The van der Waals surface area contributed by atoms with E-state index < -0.39 is 11.4 Å². The first kappa shape index (κ1) is 32.3. The summed E-state index contributed by atoms with van der Waals surface area (Å²) in [5.74, 6) is 0.352. The van der Waals surface area contributed by atoms with Gasteiger partial charge in [-0.1, -0.05) is 35.9 Å². The number of hydrogen-bond donors (Lipinski definition) is 0. The van der Waals surface area contributed by atoms with E-state index in [1.54, 1.807) is 11.0 Å². The normalized spacial score (nSPS) is 17.5. The van der Waals surface area contributed by atoms with Gasteiger partial charge in [0.05, 0.1) is 12.6 Å². The third-order valence-electron chi connectivity index (χ3n) is 8.67. The highest BCUT2D eigenvalue weighted by Crippen LogP contribution is 2.48. The summed E-state index contributed by atoms with van der Waals surface area (Å²) in [6.45, 7) is 14.3. The number of pyridine rings is 1. The number of amides is 1. The predicted molar refractivity (Wildman–Crippen MR) is 179 cm³/mol. The number of piperazine rings is 1. The molecule has 0 aliphatic carbocycles. The Kier molecular flexibility index (Phi) is 8.84. The minimum absolute atomic E-state index is 0.00923. The van der Waals surface area contributed by atoms with Gasteiger partial charge in [-0.2, -0.15) is 5.26 Å². The van der Waals surface area contributed by atoms with Crippen LogP contribution in [0.1, 0.15) is 45.6 Å². The van der Waals surface area contributed by atoms with Gasteiger partial charge in [-0.3, -0.25) is 0 Å². The zero-order valence-electron chi connectivity index (χ0n) is 26.8. The summed E-state index contributed by atoms with van der Waals surface area (Å²) in [5.41, 5.74) is 0.753. The Morgan fingerprint density at radius 1 is 1.17 bits per heavy atom. The van der Waals surface area contributed by atoms with Crippen LogP contribution in [-0.2, 0) is 15.9 Å². The molecule has 4 aromatic rings. The van der Waals surface area contributed by atoms with E-state index in [-0.39, 0.29) is 59.6 Å². The molecule has 242 valence electrons. The number of carbonyl (C=O) groups excluding carboxylic acids is 1. The second-order valence-corrected chi connectivity index (χ2v) is 13.3. The summed E-state index contributed by atoms with van der Waals surface area (Å²) >= 11 is 6.69. The van der Waals surface area contributed by atoms with Crippen LogP contribution in [0.3, 0.4) is 0 Å². The molecule has 11 heteroatoms. The lowest BCUT2D eigenvalue weighted by Crippen LogP contribution is -2.56. The quantitative estimate of drug-likeness (QED) is 0.112. The number of aryl methyl sites for hydroxylation is 1. The van der Waals surface area contributed by atoms with Crippen molar-refractivity contribution in [1.82, 2.24) is 9.88 Å². The molecule has 2 saturated heterocycles. The fraction of sp³-hybridized carbons (Fsp3) is 0.389. The molecule has 2 aliphatic heterocycles. The Hall–Kier alpha value is -4.64. The Balaban J connectivity index is 1.55. The zero-order chi connectivity index (χ0) is 33.5. The van der Waals surface area contributed by atoms with E-state index in [0.717, 1.165) is 23.6 Å². The molecule has 2 bridgehead atoms. The lowest BCUT2D eigenvalue weighted by molar-refractivity contribution is 0.0209. The van der Waals surface area contributed by atoms with Gasteiger partial charge in [-0.05, 0) is 80.1 Å². The first-order valence-electron chi connectivity index (χ1n) is 15.5. The topological polar surface area (TPSA) is 92.3 Å². The van der Waals surface area contributed by atoms with Gasteiger partial charge < -0.3 is 24.0 Å². The van der Waals surface area contributed by atoms with E-state index in [9.17, 15) is 10.1 Å².